The molecule has 0 bridgehead atoms. The van der Waals surface area contributed by atoms with Crippen molar-refractivity contribution in [2.75, 3.05) is 47.1 Å². The topological polar surface area (TPSA) is 68.8 Å². The van der Waals surface area contributed by atoms with Gasteiger partial charge in [-0.3, -0.25) is 4.79 Å². The monoisotopic (exact) mass is 358 g/mol. The number of ether oxygens (including phenoxy) is 3. The van der Waals surface area contributed by atoms with Gasteiger partial charge in [0.25, 0.3) is 0 Å². The van der Waals surface area contributed by atoms with Crippen LogP contribution < -0.4 is 20.1 Å². The molecule has 0 aromatic heterocycles. The number of halogens is 1. The molecule has 136 valence electrons. The molecule has 6 nitrogen and oxygen atoms in total. The van der Waals surface area contributed by atoms with Crippen LogP contribution in [0.4, 0.5) is 0 Å². The molecule has 0 saturated carbocycles. The summed E-state index contributed by atoms with van der Waals surface area (Å²) in [6.45, 7) is 3.06. The van der Waals surface area contributed by atoms with Crippen LogP contribution in [0.15, 0.2) is 24.3 Å². The highest BCUT2D eigenvalue weighted by atomic mass is 35.5. The van der Waals surface area contributed by atoms with Gasteiger partial charge < -0.3 is 24.8 Å². The Hall–Kier alpha value is -1.50. The summed E-state index contributed by atoms with van der Waals surface area (Å²) in [5, 5.41) is 6.25. The fourth-order valence-electron chi connectivity index (χ4n) is 2.81. The number of hydrogen-bond donors (Lipinski definition) is 2. The van der Waals surface area contributed by atoms with Crippen molar-refractivity contribution in [3.05, 3.63) is 24.3 Å². The predicted octanol–water partition coefficient (Wildman–Crippen LogP) is 1.63. The van der Waals surface area contributed by atoms with Gasteiger partial charge in [-0.25, -0.2) is 0 Å². The quantitative estimate of drug-likeness (QED) is 0.691. The van der Waals surface area contributed by atoms with E-state index in [-0.39, 0.29) is 18.3 Å². The van der Waals surface area contributed by atoms with E-state index in [1.165, 1.54) is 0 Å². The first-order valence-corrected chi connectivity index (χ1v) is 7.95. The lowest BCUT2D eigenvalue weighted by Crippen LogP contribution is -2.50. The van der Waals surface area contributed by atoms with E-state index < -0.39 is 5.41 Å². The van der Waals surface area contributed by atoms with E-state index in [1.807, 2.05) is 24.3 Å². The SMILES string of the molecule is COCC1(C(=O)NCCOc2ccc(OC)cc2)CCNCC1.Cl. The van der Waals surface area contributed by atoms with Crippen molar-refractivity contribution >= 4 is 18.3 Å². The summed E-state index contributed by atoms with van der Waals surface area (Å²) in [4.78, 5) is 12.5. The minimum atomic E-state index is -0.417. The summed E-state index contributed by atoms with van der Waals surface area (Å²) < 4.78 is 16.0. The average molecular weight is 359 g/mol. The second-order valence-corrected chi connectivity index (χ2v) is 5.74. The maximum Gasteiger partial charge on any atom is 0.228 e. The van der Waals surface area contributed by atoms with Gasteiger partial charge in [0.15, 0.2) is 0 Å². The van der Waals surface area contributed by atoms with Crippen LogP contribution in [-0.4, -0.2) is 53.0 Å². The number of methoxy groups -OCH3 is 2. The van der Waals surface area contributed by atoms with Gasteiger partial charge >= 0.3 is 0 Å². The maximum absolute atomic E-state index is 12.5. The van der Waals surface area contributed by atoms with Crippen LogP contribution in [0.25, 0.3) is 0 Å². The fourth-order valence-corrected chi connectivity index (χ4v) is 2.81. The number of nitrogens with one attached hydrogen (secondary N) is 2. The molecule has 2 N–H and O–H groups in total. The lowest BCUT2D eigenvalue weighted by molar-refractivity contribution is -0.136. The van der Waals surface area contributed by atoms with E-state index in [1.54, 1.807) is 14.2 Å². The van der Waals surface area contributed by atoms with Gasteiger partial charge in [-0.1, -0.05) is 0 Å². The molecule has 1 fully saturated rings. The lowest BCUT2D eigenvalue weighted by atomic mass is 9.78. The molecular formula is C17H27ClN2O4. The third kappa shape index (κ3) is 5.54. The summed E-state index contributed by atoms with van der Waals surface area (Å²) >= 11 is 0. The van der Waals surface area contributed by atoms with Gasteiger partial charge in [0.1, 0.15) is 18.1 Å². The van der Waals surface area contributed by atoms with E-state index in [0.29, 0.717) is 19.8 Å². The molecule has 24 heavy (non-hydrogen) atoms. The van der Waals surface area contributed by atoms with Crippen molar-refractivity contribution < 1.29 is 19.0 Å². The number of benzene rings is 1. The average Bonchev–Trinajstić information content (AvgIpc) is 2.60. The van der Waals surface area contributed by atoms with E-state index in [9.17, 15) is 4.79 Å². The molecule has 0 spiro atoms. The maximum atomic E-state index is 12.5. The van der Waals surface area contributed by atoms with E-state index in [0.717, 1.165) is 37.4 Å². The molecule has 0 unspecified atom stereocenters. The zero-order valence-corrected chi connectivity index (χ0v) is 15.1. The van der Waals surface area contributed by atoms with Gasteiger partial charge in [-0.2, -0.15) is 0 Å². The summed E-state index contributed by atoms with van der Waals surface area (Å²) in [5.41, 5.74) is -0.417. The molecule has 1 heterocycles. The first kappa shape index (κ1) is 20.5. The Kier molecular flexibility index (Phi) is 8.89. The molecular weight excluding hydrogens is 332 g/mol. The minimum absolute atomic E-state index is 0. The van der Waals surface area contributed by atoms with Crippen molar-refractivity contribution in [3.63, 3.8) is 0 Å². The third-order valence-corrected chi connectivity index (χ3v) is 4.18. The number of piperidine rings is 1. The van der Waals surface area contributed by atoms with E-state index in [2.05, 4.69) is 10.6 Å². The zero-order chi connectivity index (χ0) is 16.5. The Bertz CT molecular complexity index is 484. The van der Waals surface area contributed by atoms with Gasteiger partial charge in [0.2, 0.25) is 5.91 Å². The number of amides is 1. The van der Waals surface area contributed by atoms with Crippen LogP contribution in [0.2, 0.25) is 0 Å². The Morgan fingerprint density at radius 1 is 1.17 bits per heavy atom. The third-order valence-electron chi connectivity index (χ3n) is 4.18. The molecule has 2 rings (SSSR count). The van der Waals surface area contributed by atoms with Crippen LogP contribution >= 0.6 is 12.4 Å². The number of carbonyl (C=O) groups excluding carboxylic acids is 1. The van der Waals surface area contributed by atoms with E-state index >= 15 is 0 Å². The van der Waals surface area contributed by atoms with Crippen LogP contribution in [0, 0.1) is 5.41 Å². The van der Waals surface area contributed by atoms with Crippen LogP contribution in [0.1, 0.15) is 12.8 Å². The second kappa shape index (κ2) is 10.4. The van der Waals surface area contributed by atoms with Crippen LogP contribution in [0.5, 0.6) is 11.5 Å². The molecule has 1 aliphatic heterocycles. The number of rotatable bonds is 8. The molecule has 1 aromatic carbocycles. The Balaban J connectivity index is 0.00000288. The Labute approximate surface area is 149 Å². The molecule has 1 aliphatic rings. The standard InChI is InChI=1S/C17H26N2O4.ClH/c1-21-13-17(7-9-18-10-8-17)16(20)19-11-12-23-15-5-3-14(22-2)4-6-15;/h3-6,18H,7-13H2,1-2H3,(H,19,20);1H. The molecule has 0 aliphatic carbocycles. The molecule has 1 amide bonds. The molecule has 0 atom stereocenters. The number of hydrogen-bond acceptors (Lipinski definition) is 5. The highest BCUT2D eigenvalue weighted by molar-refractivity contribution is 5.85. The van der Waals surface area contributed by atoms with Crippen molar-refractivity contribution in [1.29, 1.82) is 0 Å². The van der Waals surface area contributed by atoms with Gasteiger partial charge in [-0.15, -0.1) is 12.4 Å². The van der Waals surface area contributed by atoms with Crippen molar-refractivity contribution in [2.45, 2.75) is 12.8 Å². The van der Waals surface area contributed by atoms with Crippen LogP contribution in [0.3, 0.4) is 0 Å². The largest absolute Gasteiger partial charge is 0.497 e. The fraction of sp³-hybridized carbons (Fsp3) is 0.588. The zero-order valence-electron chi connectivity index (χ0n) is 14.3. The van der Waals surface area contributed by atoms with Gasteiger partial charge in [-0.05, 0) is 50.2 Å². The molecule has 0 radical (unpaired) electrons. The van der Waals surface area contributed by atoms with Crippen molar-refractivity contribution in [3.8, 4) is 11.5 Å². The van der Waals surface area contributed by atoms with Gasteiger partial charge in [0, 0.05) is 7.11 Å². The normalized spacial score (nSPS) is 15.9. The predicted molar refractivity (Wildman–Crippen MR) is 95.2 cm³/mol. The summed E-state index contributed by atoms with van der Waals surface area (Å²) in [6, 6.07) is 7.38. The van der Waals surface area contributed by atoms with Gasteiger partial charge in [0.05, 0.1) is 25.7 Å². The highest BCUT2D eigenvalue weighted by Crippen LogP contribution is 2.29. The summed E-state index contributed by atoms with van der Waals surface area (Å²) in [6.07, 6.45) is 1.60. The summed E-state index contributed by atoms with van der Waals surface area (Å²) in [5.74, 6) is 1.60. The highest BCUT2D eigenvalue weighted by Gasteiger charge is 2.39. The first-order valence-electron chi connectivity index (χ1n) is 7.95. The molecule has 1 aromatic rings. The summed E-state index contributed by atoms with van der Waals surface area (Å²) in [7, 11) is 3.27. The Morgan fingerprint density at radius 3 is 2.38 bits per heavy atom. The second-order valence-electron chi connectivity index (χ2n) is 5.74. The first-order chi connectivity index (χ1) is 11.2. The van der Waals surface area contributed by atoms with Crippen molar-refractivity contribution in [2.24, 2.45) is 5.41 Å². The van der Waals surface area contributed by atoms with Crippen molar-refractivity contribution in [1.82, 2.24) is 10.6 Å². The van der Waals surface area contributed by atoms with Crippen LogP contribution in [-0.2, 0) is 9.53 Å². The molecule has 1 saturated heterocycles. The van der Waals surface area contributed by atoms with E-state index in [4.69, 9.17) is 14.2 Å². The number of carbonyl (C=O) groups is 1. The lowest BCUT2D eigenvalue weighted by Gasteiger charge is -2.35. The molecule has 7 heteroatoms. The smallest absolute Gasteiger partial charge is 0.228 e. The Morgan fingerprint density at radius 2 is 1.79 bits per heavy atom. The minimum Gasteiger partial charge on any atom is -0.497 e.